The normalized spacial score (nSPS) is 13.4. The van der Waals surface area contributed by atoms with Crippen LogP contribution in [0.4, 0.5) is 0 Å². The molecule has 0 fully saturated rings. The van der Waals surface area contributed by atoms with Gasteiger partial charge in [0.05, 0.1) is 5.54 Å². The molecule has 3 heteroatoms. The number of hydrogen-bond acceptors (Lipinski definition) is 3. The molecule has 31 heavy (non-hydrogen) atoms. The maximum absolute atomic E-state index is 13.7. The van der Waals surface area contributed by atoms with E-state index in [1.165, 1.54) is 16.0 Å². The van der Waals surface area contributed by atoms with Crippen molar-refractivity contribution in [2.24, 2.45) is 0 Å². The fraction of sp³-hybridized carbons (Fsp3) is 0.321. The van der Waals surface area contributed by atoms with Crippen LogP contribution in [0, 0.1) is 0 Å². The third-order valence-corrected chi connectivity index (χ3v) is 7.12. The van der Waals surface area contributed by atoms with Crippen LogP contribution in [0.3, 0.4) is 0 Å². The predicted octanol–water partition coefficient (Wildman–Crippen LogP) is 7.10. The summed E-state index contributed by atoms with van der Waals surface area (Å²) in [7, 11) is 4.02. The van der Waals surface area contributed by atoms with Crippen LogP contribution in [0.15, 0.2) is 88.7 Å². The third-order valence-electron chi connectivity index (χ3n) is 6.10. The molecular formula is C28H33NOS. The van der Waals surface area contributed by atoms with E-state index in [4.69, 9.17) is 0 Å². The Kier molecular flexibility index (Phi) is 7.74. The first-order chi connectivity index (χ1) is 14.9. The average Bonchev–Trinajstić information content (AvgIpc) is 2.78. The van der Waals surface area contributed by atoms with E-state index < -0.39 is 5.54 Å². The molecule has 3 rings (SSSR count). The first kappa shape index (κ1) is 23.3. The fourth-order valence-electron chi connectivity index (χ4n) is 3.98. The molecular weight excluding hydrogens is 398 g/mol. The van der Waals surface area contributed by atoms with Crippen molar-refractivity contribution in [1.29, 1.82) is 0 Å². The molecule has 0 N–H and O–H groups in total. The summed E-state index contributed by atoms with van der Waals surface area (Å²) in [6.07, 6.45) is 1.46. The van der Waals surface area contributed by atoms with Crippen molar-refractivity contribution in [3.63, 3.8) is 0 Å². The number of likely N-dealkylation sites (N-methyl/N-ethyl adjacent to an activating group) is 1. The van der Waals surface area contributed by atoms with Crippen LogP contribution in [-0.4, -0.2) is 30.3 Å². The second-order valence-electron chi connectivity index (χ2n) is 8.62. The number of rotatable bonds is 9. The van der Waals surface area contributed by atoms with Gasteiger partial charge in [0, 0.05) is 15.4 Å². The van der Waals surface area contributed by atoms with E-state index >= 15 is 0 Å². The van der Waals surface area contributed by atoms with Gasteiger partial charge in [0.15, 0.2) is 5.78 Å². The minimum atomic E-state index is -0.553. The van der Waals surface area contributed by atoms with Crippen molar-refractivity contribution in [3.8, 4) is 0 Å². The van der Waals surface area contributed by atoms with Crippen LogP contribution in [0.5, 0.6) is 0 Å². The lowest BCUT2D eigenvalue weighted by Crippen LogP contribution is -2.52. The van der Waals surface area contributed by atoms with Gasteiger partial charge in [-0.25, -0.2) is 0 Å². The van der Waals surface area contributed by atoms with Crippen LogP contribution in [-0.2, 0) is 6.42 Å². The number of nitrogens with zero attached hydrogens (tertiary/aromatic N) is 1. The van der Waals surface area contributed by atoms with Gasteiger partial charge >= 0.3 is 0 Å². The first-order valence-electron chi connectivity index (χ1n) is 11.0. The molecule has 0 saturated carbocycles. The third kappa shape index (κ3) is 5.47. The minimum absolute atomic E-state index is 0.182. The highest BCUT2D eigenvalue weighted by Gasteiger charge is 2.39. The molecule has 162 valence electrons. The highest BCUT2D eigenvalue weighted by Crippen LogP contribution is 2.31. The van der Waals surface area contributed by atoms with E-state index in [2.05, 4.69) is 74.2 Å². The number of hydrogen-bond donors (Lipinski definition) is 0. The zero-order valence-electron chi connectivity index (χ0n) is 19.3. The fourth-order valence-corrected chi connectivity index (χ4v) is 4.79. The quantitative estimate of drug-likeness (QED) is 0.337. The Hall–Kier alpha value is -2.36. The lowest BCUT2D eigenvalue weighted by atomic mass is 9.80. The highest BCUT2D eigenvalue weighted by atomic mass is 32.2. The summed E-state index contributed by atoms with van der Waals surface area (Å²) in [4.78, 5) is 18.1. The van der Waals surface area contributed by atoms with Crippen molar-refractivity contribution < 1.29 is 4.79 Å². The lowest BCUT2D eigenvalue weighted by Gasteiger charge is -2.38. The molecule has 0 aliphatic rings. The minimum Gasteiger partial charge on any atom is -0.297 e. The van der Waals surface area contributed by atoms with Gasteiger partial charge in [-0.2, -0.15) is 0 Å². The maximum Gasteiger partial charge on any atom is 0.183 e. The summed E-state index contributed by atoms with van der Waals surface area (Å²) in [6, 6.07) is 27.1. The molecule has 0 spiro atoms. The van der Waals surface area contributed by atoms with E-state index in [1.807, 2.05) is 44.4 Å². The molecule has 0 bridgehead atoms. The molecule has 0 saturated heterocycles. The Labute approximate surface area is 191 Å². The van der Waals surface area contributed by atoms with Gasteiger partial charge in [-0.3, -0.25) is 9.69 Å². The lowest BCUT2D eigenvalue weighted by molar-refractivity contribution is 0.0666. The molecule has 0 aromatic heterocycles. The Bertz CT molecular complexity index is 978. The number of ketones is 1. The van der Waals surface area contributed by atoms with E-state index in [1.54, 1.807) is 11.8 Å². The van der Waals surface area contributed by atoms with Crippen LogP contribution < -0.4 is 0 Å². The Morgan fingerprint density at radius 2 is 1.42 bits per heavy atom. The molecule has 0 heterocycles. The van der Waals surface area contributed by atoms with Crippen molar-refractivity contribution in [2.45, 2.75) is 54.9 Å². The Morgan fingerprint density at radius 1 is 0.871 bits per heavy atom. The zero-order valence-corrected chi connectivity index (χ0v) is 20.1. The summed E-state index contributed by atoms with van der Waals surface area (Å²) in [5.74, 6) is 0.720. The van der Waals surface area contributed by atoms with Crippen molar-refractivity contribution in [1.82, 2.24) is 4.90 Å². The predicted molar refractivity (Wildman–Crippen MR) is 132 cm³/mol. The van der Waals surface area contributed by atoms with Gasteiger partial charge in [0.25, 0.3) is 0 Å². The van der Waals surface area contributed by atoms with Crippen LogP contribution in [0.2, 0.25) is 0 Å². The monoisotopic (exact) mass is 431 g/mol. The summed E-state index contributed by atoms with van der Waals surface area (Å²) < 4.78 is 0. The molecule has 2 nitrogen and oxygen atoms in total. The van der Waals surface area contributed by atoms with Gasteiger partial charge < -0.3 is 0 Å². The van der Waals surface area contributed by atoms with Crippen LogP contribution >= 0.6 is 11.8 Å². The van der Waals surface area contributed by atoms with Crippen LogP contribution in [0.25, 0.3) is 0 Å². The summed E-state index contributed by atoms with van der Waals surface area (Å²) in [5, 5.41) is 0. The molecule has 1 atom stereocenters. The van der Waals surface area contributed by atoms with E-state index in [0.29, 0.717) is 12.3 Å². The van der Waals surface area contributed by atoms with Gasteiger partial charge in [-0.05, 0) is 68.2 Å². The van der Waals surface area contributed by atoms with Gasteiger partial charge in [-0.1, -0.05) is 87.1 Å². The second kappa shape index (κ2) is 10.3. The van der Waals surface area contributed by atoms with Gasteiger partial charge in [0.1, 0.15) is 0 Å². The van der Waals surface area contributed by atoms with E-state index in [-0.39, 0.29) is 5.78 Å². The second-order valence-corrected chi connectivity index (χ2v) is 9.77. The van der Waals surface area contributed by atoms with E-state index in [0.717, 1.165) is 16.9 Å². The Balaban J connectivity index is 1.79. The summed E-state index contributed by atoms with van der Waals surface area (Å²) in [5.41, 5.74) is 2.75. The molecule has 0 amide bonds. The highest BCUT2D eigenvalue weighted by molar-refractivity contribution is 7.99. The average molecular weight is 432 g/mol. The molecule has 0 radical (unpaired) electrons. The molecule has 1 unspecified atom stereocenters. The molecule has 3 aromatic rings. The zero-order chi connectivity index (χ0) is 22.4. The van der Waals surface area contributed by atoms with Crippen molar-refractivity contribution >= 4 is 17.5 Å². The number of carbonyl (C=O) groups is 1. The SMILES string of the molecule is CCC(Cc1ccccc1)(C(=O)c1ccc(Sc2ccc(C(C)C)cc2)cc1)N(C)C. The first-order valence-corrected chi connectivity index (χ1v) is 11.8. The standard InChI is InChI=1S/C28H33NOS/c1-6-28(29(4)5,20-22-10-8-7-9-11-22)27(30)24-14-18-26(19-15-24)31-25-16-12-23(13-17-25)21(2)3/h7-19,21H,6,20H2,1-5H3. The smallest absolute Gasteiger partial charge is 0.183 e. The summed E-state index contributed by atoms with van der Waals surface area (Å²) >= 11 is 1.73. The van der Waals surface area contributed by atoms with Gasteiger partial charge in [0.2, 0.25) is 0 Å². The molecule has 0 aliphatic carbocycles. The van der Waals surface area contributed by atoms with Crippen molar-refractivity contribution in [2.75, 3.05) is 14.1 Å². The molecule has 3 aromatic carbocycles. The molecule has 0 aliphatic heterocycles. The van der Waals surface area contributed by atoms with Crippen LogP contribution in [0.1, 0.15) is 54.6 Å². The largest absolute Gasteiger partial charge is 0.297 e. The number of Topliss-reactive ketones (excluding diaryl/α,β-unsaturated/α-hetero) is 1. The Morgan fingerprint density at radius 3 is 1.90 bits per heavy atom. The number of benzene rings is 3. The number of carbonyl (C=O) groups excluding carboxylic acids is 1. The van der Waals surface area contributed by atoms with Crippen molar-refractivity contribution in [3.05, 3.63) is 95.6 Å². The maximum atomic E-state index is 13.7. The summed E-state index contributed by atoms with van der Waals surface area (Å²) in [6.45, 7) is 6.52. The van der Waals surface area contributed by atoms with Gasteiger partial charge in [-0.15, -0.1) is 0 Å². The topological polar surface area (TPSA) is 20.3 Å². The van der Waals surface area contributed by atoms with E-state index in [9.17, 15) is 4.79 Å².